The molecular formula is C16H34N2. The highest BCUT2D eigenvalue weighted by Crippen LogP contribution is 2.38. The van der Waals surface area contributed by atoms with Crippen molar-refractivity contribution < 1.29 is 0 Å². The SMILES string of the molecule is CCCNCCC(C)N1CCC(CC)(CC)CC1. The molecule has 1 N–H and O–H groups in total. The second kappa shape index (κ2) is 8.16. The molecule has 0 radical (unpaired) electrons. The molecule has 0 spiro atoms. The quantitative estimate of drug-likeness (QED) is 0.665. The van der Waals surface area contributed by atoms with Crippen molar-refractivity contribution in [2.45, 2.75) is 72.3 Å². The monoisotopic (exact) mass is 254 g/mol. The molecule has 2 nitrogen and oxygen atoms in total. The van der Waals surface area contributed by atoms with Crippen LogP contribution >= 0.6 is 0 Å². The molecule has 0 aromatic carbocycles. The van der Waals surface area contributed by atoms with Gasteiger partial charge in [-0.25, -0.2) is 0 Å². The number of nitrogens with zero attached hydrogens (tertiary/aromatic N) is 1. The Morgan fingerprint density at radius 2 is 1.67 bits per heavy atom. The smallest absolute Gasteiger partial charge is 0.00790 e. The molecule has 0 amide bonds. The fourth-order valence-corrected chi connectivity index (χ4v) is 3.19. The van der Waals surface area contributed by atoms with Crippen LogP contribution in [0.4, 0.5) is 0 Å². The molecule has 2 heteroatoms. The van der Waals surface area contributed by atoms with E-state index in [9.17, 15) is 0 Å². The fourth-order valence-electron chi connectivity index (χ4n) is 3.19. The van der Waals surface area contributed by atoms with Crippen molar-refractivity contribution >= 4 is 0 Å². The molecule has 1 unspecified atom stereocenters. The van der Waals surface area contributed by atoms with Gasteiger partial charge in [-0.15, -0.1) is 0 Å². The number of likely N-dealkylation sites (tertiary alicyclic amines) is 1. The van der Waals surface area contributed by atoms with Gasteiger partial charge in [0.05, 0.1) is 0 Å². The molecular weight excluding hydrogens is 220 g/mol. The standard InChI is InChI=1S/C16H34N2/c1-5-11-17-12-8-15(4)18-13-9-16(6-2,7-3)10-14-18/h15,17H,5-14H2,1-4H3. The number of hydrogen-bond donors (Lipinski definition) is 1. The molecule has 108 valence electrons. The first-order chi connectivity index (χ1) is 8.67. The third kappa shape index (κ3) is 4.55. The Morgan fingerprint density at radius 3 is 2.17 bits per heavy atom. The lowest BCUT2D eigenvalue weighted by Gasteiger charge is -2.43. The van der Waals surface area contributed by atoms with Crippen molar-refractivity contribution in [3.63, 3.8) is 0 Å². The van der Waals surface area contributed by atoms with Gasteiger partial charge >= 0.3 is 0 Å². The van der Waals surface area contributed by atoms with Gasteiger partial charge < -0.3 is 10.2 Å². The van der Waals surface area contributed by atoms with Crippen LogP contribution in [-0.4, -0.2) is 37.1 Å². The summed E-state index contributed by atoms with van der Waals surface area (Å²) in [6.45, 7) is 14.4. The predicted molar refractivity (Wildman–Crippen MR) is 81.1 cm³/mol. The lowest BCUT2D eigenvalue weighted by atomic mass is 9.74. The molecule has 1 fully saturated rings. The van der Waals surface area contributed by atoms with E-state index in [-0.39, 0.29) is 0 Å². The largest absolute Gasteiger partial charge is 0.317 e. The van der Waals surface area contributed by atoms with Crippen LogP contribution in [0.1, 0.15) is 66.2 Å². The molecule has 1 atom stereocenters. The van der Waals surface area contributed by atoms with Crippen LogP contribution in [0.3, 0.4) is 0 Å². The van der Waals surface area contributed by atoms with E-state index in [1.807, 2.05) is 0 Å². The second-order valence-corrected chi connectivity index (χ2v) is 6.13. The molecule has 0 aromatic rings. The Balaban J connectivity index is 2.25. The summed E-state index contributed by atoms with van der Waals surface area (Å²) in [5, 5.41) is 3.52. The summed E-state index contributed by atoms with van der Waals surface area (Å²) in [6.07, 6.45) is 8.09. The average molecular weight is 254 g/mol. The third-order valence-electron chi connectivity index (χ3n) is 5.15. The zero-order chi connectivity index (χ0) is 13.4. The van der Waals surface area contributed by atoms with Crippen molar-refractivity contribution in [2.24, 2.45) is 5.41 Å². The van der Waals surface area contributed by atoms with E-state index in [1.165, 1.54) is 64.7 Å². The first-order valence-electron chi connectivity index (χ1n) is 8.12. The number of nitrogens with one attached hydrogen (secondary N) is 1. The van der Waals surface area contributed by atoms with Gasteiger partial charge in [0.2, 0.25) is 0 Å². The maximum Gasteiger partial charge on any atom is 0.00790 e. The van der Waals surface area contributed by atoms with E-state index in [1.54, 1.807) is 0 Å². The first kappa shape index (κ1) is 16.0. The fraction of sp³-hybridized carbons (Fsp3) is 1.00. The Morgan fingerprint density at radius 1 is 1.06 bits per heavy atom. The van der Waals surface area contributed by atoms with Crippen LogP contribution in [0.5, 0.6) is 0 Å². The summed E-state index contributed by atoms with van der Waals surface area (Å²) in [5.41, 5.74) is 0.663. The zero-order valence-corrected chi connectivity index (χ0v) is 13.1. The molecule has 1 saturated heterocycles. The minimum absolute atomic E-state index is 0.663. The highest BCUT2D eigenvalue weighted by molar-refractivity contribution is 4.85. The van der Waals surface area contributed by atoms with Gasteiger partial charge in [0.15, 0.2) is 0 Å². The summed E-state index contributed by atoms with van der Waals surface area (Å²) < 4.78 is 0. The third-order valence-corrected chi connectivity index (χ3v) is 5.15. The van der Waals surface area contributed by atoms with E-state index in [0.717, 1.165) is 6.04 Å². The van der Waals surface area contributed by atoms with Crippen molar-refractivity contribution in [1.82, 2.24) is 10.2 Å². The topological polar surface area (TPSA) is 15.3 Å². The molecule has 1 heterocycles. The molecule has 0 aliphatic carbocycles. The van der Waals surface area contributed by atoms with Gasteiger partial charge in [-0.2, -0.15) is 0 Å². The molecule has 1 aliphatic heterocycles. The molecule has 0 aromatic heterocycles. The Kier molecular flexibility index (Phi) is 7.25. The summed E-state index contributed by atoms with van der Waals surface area (Å²) in [7, 11) is 0. The summed E-state index contributed by atoms with van der Waals surface area (Å²) in [5.74, 6) is 0. The number of rotatable bonds is 8. The van der Waals surface area contributed by atoms with E-state index in [2.05, 4.69) is 37.9 Å². The van der Waals surface area contributed by atoms with Crippen molar-refractivity contribution in [3.8, 4) is 0 Å². The molecule has 0 saturated carbocycles. The minimum atomic E-state index is 0.663. The van der Waals surface area contributed by atoms with Gasteiger partial charge in [0.25, 0.3) is 0 Å². The van der Waals surface area contributed by atoms with E-state index >= 15 is 0 Å². The van der Waals surface area contributed by atoms with Gasteiger partial charge in [-0.1, -0.05) is 33.6 Å². The van der Waals surface area contributed by atoms with Crippen molar-refractivity contribution in [2.75, 3.05) is 26.2 Å². The first-order valence-corrected chi connectivity index (χ1v) is 8.12. The maximum atomic E-state index is 3.52. The maximum absolute atomic E-state index is 3.52. The van der Waals surface area contributed by atoms with Gasteiger partial charge in [0, 0.05) is 6.04 Å². The Hall–Kier alpha value is -0.0800. The molecule has 1 rings (SSSR count). The normalized spacial score (nSPS) is 22.0. The summed E-state index contributed by atoms with van der Waals surface area (Å²) in [6, 6.07) is 0.751. The highest BCUT2D eigenvalue weighted by Gasteiger charge is 2.32. The number of piperidine rings is 1. The van der Waals surface area contributed by atoms with E-state index < -0.39 is 0 Å². The lowest BCUT2D eigenvalue weighted by molar-refractivity contribution is 0.0686. The van der Waals surface area contributed by atoms with Crippen LogP contribution in [0, 0.1) is 5.41 Å². The van der Waals surface area contributed by atoms with Crippen LogP contribution in [-0.2, 0) is 0 Å². The van der Waals surface area contributed by atoms with E-state index in [0.29, 0.717) is 5.41 Å². The second-order valence-electron chi connectivity index (χ2n) is 6.13. The lowest BCUT2D eigenvalue weighted by Crippen LogP contribution is -2.44. The predicted octanol–water partition coefficient (Wildman–Crippen LogP) is 3.67. The van der Waals surface area contributed by atoms with Gasteiger partial charge in [-0.05, 0) is 64.2 Å². The van der Waals surface area contributed by atoms with Crippen LogP contribution in [0.2, 0.25) is 0 Å². The molecule has 18 heavy (non-hydrogen) atoms. The Labute approximate surface area is 115 Å². The van der Waals surface area contributed by atoms with E-state index in [4.69, 9.17) is 0 Å². The average Bonchev–Trinajstić information content (AvgIpc) is 2.43. The zero-order valence-electron chi connectivity index (χ0n) is 13.1. The van der Waals surface area contributed by atoms with Crippen molar-refractivity contribution in [1.29, 1.82) is 0 Å². The highest BCUT2D eigenvalue weighted by atomic mass is 15.2. The van der Waals surface area contributed by atoms with Crippen LogP contribution in [0.25, 0.3) is 0 Å². The van der Waals surface area contributed by atoms with Gasteiger partial charge in [-0.3, -0.25) is 0 Å². The van der Waals surface area contributed by atoms with Crippen LogP contribution < -0.4 is 5.32 Å². The number of hydrogen-bond acceptors (Lipinski definition) is 2. The molecule has 1 aliphatic rings. The summed E-state index contributed by atoms with van der Waals surface area (Å²) >= 11 is 0. The van der Waals surface area contributed by atoms with Gasteiger partial charge in [0.1, 0.15) is 0 Å². The Bertz CT molecular complexity index is 201. The molecule has 0 bridgehead atoms. The van der Waals surface area contributed by atoms with Crippen molar-refractivity contribution in [3.05, 3.63) is 0 Å². The van der Waals surface area contributed by atoms with Crippen LogP contribution in [0.15, 0.2) is 0 Å². The minimum Gasteiger partial charge on any atom is -0.317 e. The summed E-state index contributed by atoms with van der Waals surface area (Å²) in [4.78, 5) is 2.71.